The molecule has 222 valence electrons. The van der Waals surface area contributed by atoms with E-state index in [-0.39, 0.29) is 28.7 Å². The minimum Gasteiger partial charge on any atom is -0.497 e. The number of piperidine rings is 1. The predicted octanol–water partition coefficient (Wildman–Crippen LogP) is 5.99. The number of likely N-dealkylation sites (tertiary alicyclic amines) is 1. The molecule has 0 bridgehead atoms. The van der Waals surface area contributed by atoms with Crippen LogP contribution in [0.5, 0.6) is 17.2 Å². The van der Waals surface area contributed by atoms with Crippen molar-refractivity contribution in [1.29, 1.82) is 0 Å². The second-order valence-corrected chi connectivity index (χ2v) is 13.5. The first-order valence-corrected chi connectivity index (χ1v) is 15.7. The van der Waals surface area contributed by atoms with Gasteiger partial charge in [-0.05, 0) is 51.1 Å². The Kier molecular flexibility index (Phi) is 9.55. The molecule has 1 aliphatic heterocycles. The van der Waals surface area contributed by atoms with Gasteiger partial charge in [0, 0.05) is 49.1 Å². The molecule has 0 atom stereocenters. The highest BCUT2D eigenvalue weighted by atomic mass is 35.5. The molecule has 2 heterocycles. The number of methoxy groups -OCH3 is 2. The molecule has 1 fully saturated rings. The van der Waals surface area contributed by atoms with E-state index in [2.05, 4.69) is 4.98 Å². The Morgan fingerprint density at radius 3 is 2.41 bits per heavy atom. The molecule has 0 saturated carbocycles. The van der Waals surface area contributed by atoms with Crippen LogP contribution in [-0.2, 0) is 21.3 Å². The highest BCUT2D eigenvalue weighted by Crippen LogP contribution is 2.35. The van der Waals surface area contributed by atoms with Gasteiger partial charge in [-0.25, -0.2) is 22.5 Å². The maximum atomic E-state index is 13.9. The van der Waals surface area contributed by atoms with Gasteiger partial charge in [0.1, 0.15) is 29.0 Å². The molecule has 0 N–H and O–H groups in total. The number of ether oxygens (including phenoxy) is 4. The van der Waals surface area contributed by atoms with Crippen molar-refractivity contribution in [2.24, 2.45) is 0 Å². The number of benzene rings is 2. The fourth-order valence-electron chi connectivity index (χ4n) is 4.26. The summed E-state index contributed by atoms with van der Waals surface area (Å²) in [6, 6.07) is 9.61. The summed E-state index contributed by atoms with van der Waals surface area (Å²) in [6.07, 6.45) is 2.21. The third kappa shape index (κ3) is 7.55. The first-order chi connectivity index (χ1) is 19.4. The maximum Gasteiger partial charge on any atom is 0.410 e. The van der Waals surface area contributed by atoms with Crippen LogP contribution in [0.3, 0.4) is 0 Å². The molecule has 2 aromatic carbocycles. The number of hydrogen-bond donors (Lipinski definition) is 0. The highest BCUT2D eigenvalue weighted by molar-refractivity contribution is 7.93. The van der Waals surface area contributed by atoms with Crippen molar-refractivity contribution in [1.82, 2.24) is 9.88 Å². The normalized spacial score (nSPS) is 14.4. The van der Waals surface area contributed by atoms with Gasteiger partial charge < -0.3 is 23.8 Å². The van der Waals surface area contributed by atoms with E-state index < -0.39 is 15.6 Å². The maximum absolute atomic E-state index is 13.9. The van der Waals surface area contributed by atoms with E-state index in [0.717, 1.165) is 0 Å². The van der Waals surface area contributed by atoms with Crippen LogP contribution in [-0.4, -0.2) is 63.4 Å². The number of rotatable bonds is 9. The Labute approximate surface area is 249 Å². The van der Waals surface area contributed by atoms with E-state index in [1.165, 1.54) is 34.9 Å². The van der Waals surface area contributed by atoms with Gasteiger partial charge in [0.05, 0.1) is 30.7 Å². The smallest absolute Gasteiger partial charge is 0.410 e. The number of thiazole rings is 1. The standard InChI is InChI=1S/C28H34ClN3O7S2/c1-28(2,3)39-27(33)31-13-10-20(11-14-31)38-24-9-8-22(17-23(24)29)41(34,35)32(26-30-12-15-40-26)18-19-6-7-21(36-4)16-25(19)37-5/h6-9,12,15-17,20H,10-11,13-14,18H2,1-5H3. The van der Waals surface area contributed by atoms with E-state index in [1.807, 2.05) is 20.8 Å². The van der Waals surface area contributed by atoms with E-state index in [9.17, 15) is 13.2 Å². The number of sulfonamides is 1. The van der Waals surface area contributed by atoms with Crippen molar-refractivity contribution in [3.8, 4) is 17.2 Å². The molecule has 0 unspecified atom stereocenters. The van der Waals surface area contributed by atoms with Crippen molar-refractivity contribution in [2.75, 3.05) is 31.6 Å². The van der Waals surface area contributed by atoms with E-state index in [1.54, 1.807) is 47.9 Å². The summed E-state index contributed by atoms with van der Waals surface area (Å²) in [6.45, 7) is 6.45. The van der Waals surface area contributed by atoms with Gasteiger partial charge in [0.2, 0.25) is 0 Å². The lowest BCUT2D eigenvalue weighted by Gasteiger charge is -2.33. The number of amides is 1. The molecule has 1 aromatic heterocycles. The van der Waals surface area contributed by atoms with Gasteiger partial charge in [0.15, 0.2) is 5.13 Å². The van der Waals surface area contributed by atoms with Gasteiger partial charge in [0.25, 0.3) is 10.0 Å². The first kappa shape index (κ1) is 30.7. The molecule has 0 aliphatic carbocycles. The summed E-state index contributed by atoms with van der Waals surface area (Å²) in [5.41, 5.74) is 0.0754. The Morgan fingerprint density at radius 2 is 1.83 bits per heavy atom. The average molecular weight is 624 g/mol. The van der Waals surface area contributed by atoms with Gasteiger partial charge in [-0.2, -0.15) is 0 Å². The van der Waals surface area contributed by atoms with Crippen LogP contribution >= 0.6 is 22.9 Å². The lowest BCUT2D eigenvalue weighted by atomic mass is 10.1. The molecule has 1 amide bonds. The highest BCUT2D eigenvalue weighted by Gasteiger charge is 2.31. The van der Waals surface area contributed by atoms with E-state index >= 15 is 0 Å². The molecule has 10 nitrogen and oxygen atoms in total. The van der Waals surface area contributed by atoms with Gasteiger partial charge in [-0.15, -0.1) is 11.3 Å². The second-order valence-electron chi connectivity index (χ2n) is 10.4. The van der Waals surface area contributed by atoms with Crippen molar-refractivity contribution < 1.29 is 32.2 Å². The average Bonchev–Trinajstić information content (AvgIpc) is 3.46. The molecule has 4 rings (SSSR count). The molecule has 0 radical (unpaired) electrons. The molecule has 1 aliphatic rings. The van der Waals surface area contributed by atoms with Gasteiger partial charge in [-0.1, -0.05) is 11.6 Å². The van der Waals surface area contributed by atoms with Crippen molar-refractivity contribution in [3.63, 3.8) is 0 Å². The zero-order valence-corrected chi connectivity index (χ0v) is 26.0. The number of halogens is 1. The fourth-order valence-corrected chi connectivity index (χ4v) is 6.84. The quantitative estimate of drug-likeness (QED) is 0.286. The summed E-state index contributed by atoms with van der Waals surface area (Å²) in [7, 11) is -1.01. The van der Waals surface area contributed by atoms with Crippen LogP contribution in [0.1, 0.15) is 39.2 Å². The molecule has 1 saturated heterocycles. The van der Waals surface area contributed by atoms with Crippen molar-refractivity contribution in [2.45, 2.75) is 56.8 Å². The zero-order valence-electron chi connectivity index (χ0n) is 23.6. The molecular weight excluding hydrogens is 590 g/mol. The molecule has 13 heteroatoms. The lowest BCUT2D eigenvalue weighted by molar-refractivity contribution is 0.0126. The summed E-state index contributed by atoms with van der Waals surface area (Å²) in [5, 5.41) is 2.18. The Hall–Kier alpha value is -3.22. The van der Waals surface area contributed by atoms with Crippen LogP contribution in [0.15, 0.2) is 52.9 Å². The minimum absolute atomic E-state index is 0.00252. The molecule has 0 spiro atoms. The predicted molar refractivity (Wildman–Crippen MR) is 158 cm³/mol. The number of hydrogen-bond acceptors (Lipinski definition) is 9. The largest absolute Gasteiger partial charge is 0.497 e. The van der Waals surface area contributed by atoms with Crippen molar-refractivity contribution >= 4 is 44.2 Å². The van der Waals surface area contributed by atoms with E-state index in [4.69, 9.17) is 30.5 Å². The van der Waals surface area contributed by atoms with Crippen LogP contribution in [0.4, 0.5) is 9.93 Å². The topological polar surface area (TPSA) is 108 Å². The molecule has 3 aromatic rings. The number of nitrogens with zero attached hydrogens (tertiary/aromatic N) is 3. The summed E-state index contributed by atoms with van der Waals surface area (Å²) in [5.74, 6) is 1.45. The third-order valence-corrected chi connectivity index (χ3v) is 9.26. The van der Waals surface area contributed by atoms with Gasteiger partial charge in [-0.3, -0.25) is 0 Å². The second kappa shape index (κ2) is 12.7. The summed E-state index contributed by atoms with van der Waals surface area (Å²) >= 11 is 7.74. The molecule has 41 heavy (non-hydrogen) atoms. The number of carbonyl (C=O) groups excluding carboxylic acids is 1. The number of aromatic nitrogens is 1. The number of anilines is 1. The summed E-state index contributed by atoms with van der Waals surface area (Å²) < 4.78 is 51.3. The zero-order chi connectivity index (χ0) is 29.8. The van der Waals surface area contributed by atoms with Crippen LogP contribution in [0.25, 0.3) is 0 Å². The monoisotopic (exact) mass is 623 g/mol. The van der Waals surface area contributed by atoms with Gasteiger partial charge >= 0.3 is 6.09 Å². The van der Waals surface area contributed by atoms with Crippen molar-refractivity contribution in [3.05, 3.63) is 58.6 Å². The Balaban J connectivity index is 1.50. The third-order valence-electron chi connectivity index (χ3n) is 6.32. The van der Waals surface area contributed by atoms with Crippen LogP contribution in [0, 0.1) is 0 Å². The SMILES string of the molecule is COc1ccc(CN(c2nccs2)S(=O)(=O)c2ccc(OC3CCN(C(=O)OC(C)(C)C)CC3)c(Cl)c2)c(OC)c1. The summed E-state index contributed by atoms with van der Waals surface area (Å²) in [4.78, 5) is 18.3. The van der Waals surface area contributed by atoms with E-state index in [0.29, 0.717) is 53.9 Å². The minimum atomic E-state index is -4.07. The van der Waals surface area contributed by atoms with Crippen LogP contribution in [0.2, 0.25) is 5.02 Å². The molecular formula is C28H34ClN3O7S2. The number of carbonyl (C=O) groups is 1. The van der Waals surface area contributed by atoms with Crippen LogP contribution < -0.4 is 18.5 Å². The Bertz CT molecular complexity index is 1450. The first-order valence-electron chi connectivity index (χ1n) is 13.0. The lowest BCUT2D eigenvalue weighted by Crippen LogP contribution is -2.44. The Morgan fingerprint density at radius 1 is 1.10 bits per heavy atom. The fraction of sp³-hybridized carbons (Fsp3) is 0.429.